The number of aromatic amines is 1. The number of hydrogen-bond acceptors (Lipinski definition) is 4. The molecule has 0 unspecified atom stereocenters. The molecule has 1 aliphatic heterocycles. The lowest BCUT2D eigenvalue weighted by Gasteiger charge is -2.34. The molecule has 1 aromatic heterocycles. The molecule has 3 rings (SSSR count). The Hall–Kier alpha value is -1.85. The van der Waals surface area contributed by atoms with E-state index in [0.717, 1.165) is 25.9 Å². The van der Waals surface area contributed by atoms with Gasteiger partial charge in [-0.25, -0.2) is 0 Å². The SMILES string of the molecule is COC(=O)[C@@H]1CN(CCCc2c[nH]c3ccccc23)CC[C@H]1O. The van der Waals surface area contributed by atoms with Crippen LogP contribution in [0.1, 0.15) is 18.4 Å². The molecule has 0 saturated carbocycles. The number of para-hydroxylation sites is 1. The molecule has 1 fully saturated rings. The second-order valence-electron chi connectivity index (χ2n) is 6.25. The minimum Gasteiger partial charge on any atom is -0.469 e. The van der Waals surface area contributed by atoms with E-state index in [1.165, 1.54) is 23.6 Å². The van der Waals surface area contributed by atoms with Crippen LogP contribution in [0.3, 0.4) is 0 Å². The smallest absolute Gasteiger partial charge is 0.312 e. The number of ether oxygens (including phenoxy) is 1. The van der Waals surface area contributed by atoms with E-state index in [2.05, 4.69) is 34.3 Å². The van der Waals surface area contributed by atoms with Crippen LogP contribution in [-0.4, -0.2) is 53.8 Å². The van der Waals surface area contributed by atoms with Gasteiger partial charge in [-0.2, -0.15) is 0 Å². The van der Waals surface area contributed by atoms with E-state index in [1.807, 2.05) is 6.07 Å². The Bertz CT molecular complexity index is 667. The molecule has 0 aliphatic carbocycles. The Kier molecular flexibility index (Phi) is 4.98. The number of piperidine rings is 1. The van der Waals surface area contributed by atoms with Crippen LogP contribution in [0.5, 0.6) is 0 Å². The zero-order chi connectivity index (χ0) is 16.2. The van der Waals surface area contributed by atoms with E-state index < -0.39 is 12.0 Å². The number of nitrogens with zero attached hydrogens (tertiary/aromatic N) is 1. The second kappa shape index (κ2) is 7.15. The fourth-order valence-corrected chi connectivity index (χ4v) is 3.42. The number of benzene rings is 1. The first-order valence-corrected chi connectivity index (χ1v) is 8.22. The third-order valence-electron chi connectivity index (χ3n) is 4.76. The largest absolute Gasteiger partial charge is 0.469 e. The molecule has 0 radical (unpaired) electrons. The number of fused-ring (bicyclic) bond motifs is 1. The van der Waals surface area contributed by atoms with Gasteiger partial charge in [-0.05, 0) is 37.4 Å². The molecule has 5 nitrogen and oxygen atoms in total. The fourth-order valence-electron chi connectivity index (χ4n) is 3.42. The van der Waals surface area contributed by atoms with Gasteiger partial charge in [-0.15, -0.1) is 0 Å². The highest BCUT2D eigenvalue weighted by molar-refractivity contribution is 5.83. The van der Waals surface area contributed by atoms with Crippen molar-refractivity contribution in [2.24, 2.45) is 5.92 Å². The highest BCUT2D eigenvalue weighted by atomic mass is 16.5. The molecule has 1 aromatic carbocycles. The number of likely N-dealkylation sites (tertiary alicyclic amines) is 1. The predicted molar refractivity (Wildman–Crippen MR) is 89.2 cm³/mol. The number of aromatic nitrogens is 1. The lowest BCUT2D eigenvalue weighted by atomic mass is 9.94. The Morgan fingerprint density at radius 2 is 2.26 bits per heavy atom. The first-order chi connectivity index (χ1) is 11.2. The van der Waals surface area contributed by atoms with Crippen LogP contribution in [-0.2, 0) is 16.0 Å². The molecular weight excluding hydrogens is 292 g/mol. The first kappa shape index (κ1) is 16.0. The van der Waals surface area contributed by atoms with E-state index in [4.69, 9.17) is 4.74 Å². The molecule has 124 valence electrons. The zero-order valence-corrected chi connectivity index (χ0v) is 13.5. The third kappa shape index (κ3) is 3.57. The van der Waals surface area contributed by atoms with Gasteiger partial charge in [0.05, 0.1) is 19.1 Å². The Morgan fingerprint density at radius 1 is 1.43 bits per heavy atom. The van der Waals surface area contributed by atoms with Crippen LogP contribution >= 0.6 is 0 Å². The molecule has 2 heterocycles. The highest BCUT2D eigenvalue weighted by Gasteiger charge is 2.33. The van der Waals surface area contributed by atoms with Crippen LogP contribution in [0, 0.1) is 5.92 Å². The Morgan fingerprint density at radius 3 is 3.09 bits per heavy atom. The predicted octanol–water partition coefficient (Wildman–Crippen LogP) is 1.96. The summed E-state index contributed by atoms with van der Waals surface area (Å²) >= 11 is 0. The van der Waals surface area contributed by atoms with Crippen LogP contribution in [0.25, 0.3) is 10.9 Å². The van der Waals surface area contributed by atoms with Crippen molar-refractivity contribution in [2.45, 2.75) is 25.4 Å². The number of rotatable bonds is 5. The van der Waals surface area contributed by atoms with Gasteiger partial charge in [0.2, 0.25) is 0 Å². The molecule has 5 heteroatoms. The van der Waals surface area contributed by atoms with E-state index in [1.54, 1.807) is 0 Å². The molecule has 0 spiro atoms. The van der Waals surface area contributed by atoms with Crippen molar-refractivity contribution in [2.75, 3.05) is 26.7 Å². The van der Waals surface area contributed by atoms with Crippen molar-refractivity contribution in [3.8, 4) is 0 Å². The summed E-state index contributed by atoms with van der Waals surface area (Å²) < 4.78 is 4.79. The number of methoxy groups -OCH3 is 1. The van der Waals surface area contributed by atoms with Gasteiger partial charge in [0, 0.05) is 30.2 Å². The Balaban J connectivity index is 1.53. The summed E-state index contributed by atoms with van der Waals surface area (Å²) in [6, 6.07) is 8.33. The summed E-state index contributed by atoms with van der Waals surface area (Å²) in [4.78, 5) is 17.3. The normalized spacial score (nSPS) is 22.3. The minimum atomic E-state index is -0.577. The average Bonchev–Trinajstić information content (AvgIpc) is 2.99. The molecular formula is C18H24N2O3. The zero-order valence-electron chi connectivity index (χ0n) is 13.5. The molecule has 2 atom stereocenters. The topological polar surface area (TPSA) is 65.6 Å². The molecule has 0 bridgehead atoms. The molecule has 0 amide bonds. The van der Waals surface area contributed by atoms with Gasteiger partial charge >= 0.3 is 5.97 Å². The second-order valence-corrected chi connectivity index (χ2v) is 6.25. The number of esters is 1. The van der Waals surface area contributed by atoms with Gasteiger partial charge in [-0.3, -0.25) is 4.79 Å². The van der Waals surface area contributed by atoms with Gasteiger partial charge in [-0.1, -0.05) is 18.2 Å². The van der Waals surface area contributed by atoms with Crippen molar-refractivity contribution >= 4 is 16.9 Å². The Labute approximate surface area is 136 Å². The number of aliphatic hydroxyl groups is 1. The third-order valence-corrected chi connectivity index (χ3v) is 4.76. The van der Waals surface area contributed by atoms with Gasteiger partial charge < -0.3 is 19.7 Å². The van der Waals surface area contributed by atoms with Crippen LogP contribution in [0.15, 0.2) is 30.5 Å². The maximum atomic E-state index is 11.7. The van der Waals surface area contributed by atoms with E-state index in [0.29, 0.717) is 13.0 Å². The van der Waals surface area contributed by atoms with Crippen LogP contribution in [0.4, 0.5) is 0 Å². The number of hydrogen-bond donors (Lipinski definition) is 2. The molecule has 2 aromatic rings. The average molecular weight is 316 g/mol. The van der Waals surface area contributed by atoms with Crippen molar-refractivity contribution < 1.29 is 14.6 Å². The molecule has 2 N–H and O–H groups in total. The molecule has 1 aliphatic rings. The lowest BCUT2D eigenvalue weighted by Crippen LogP contribution is -2.47. The van der Waals surface area contributed by atoms with Crippen LogP contribution in [0.2, 0.25) is 0 Å². The number of nitrogens with one attached hydrogen (secondary N) is 1. The lowest BCUT2D eigenvalue weighted by molar-refractivity contribution is -0.152. The van der Waals surface area contributed by atoms with Gasteiger partial charge in [0.25, 0.3) is 0 Å². The summed E-state index contributed by atoms with van der Waals surface area (Å²) in [6.45, 7) is 2.35. The summed E-state index contributed by atoms with van der Waals surface area (Å²) in [5.74, 6) is -0.722. The number of aliphatic hydroxyl groups excluding tert-OH is 1. The summed E-state index contributed by atoms with van der Waals surface area (Å²) in [5, 5.41) is 11.2. The number of carbonyl (C=O) groups is 1. The summed E-state index contributed by atoms with van der Waals surface area (Å²) in [5.41, 5.74) is 2.51. The van der Waals surface area contributed by atoms with E-state index >= 15 is 0 Å². The highest BCUT2D eigenvalue weighted by Crippen LogP contribution is 2.21. The van der Waals surface area contributed by atoms with Crippen molar-refractivity contribution in [3.63, 3.8) is 0 Å². The van der Waals surface area contributed by atoms with E-state index in [9.17, 15) is 9.90 Å². The van der Waals surface area contributed by atoms with Crippen molar-refractivity contribution in [3.05, 3.63) is 36.0 Å². The standard InChI is InChI=1S/C18H24N2O3/c1-23-18(22)15-12-20(10-8-17(15)21)9-4-5-13-11-19-16-7-3-2-6-14(13)16/h2-3,6-7,11,15,17,19,21H,4-5,8-10,12H2,1H3/t15-,17-/m1/s1. The van der Waals surface area contributed by atoms with Gasteiger partial charge in [0.15, 0.2) is 0 Å². The summed E-state index contributed by atoms with van der Waals surface area (Å²) in [6.07, 6.45) is 4.18. The molecule has 23 heavy (non-hydrogen) atoms. The van der Waals surface area contributed by atoms with Crippen molar-refractivity contribution in [1.29, 1.82) is 0 Å². The maximum absolute atomic E-state index is 11.7. The van der Waals surface area contributed by atoms with Crippen molar-refractivity contribution in [1.82, 2.24) is 9.88 Å². The van der Waals surface area contributed by atoms with Gasteiger partial charge in [0.1, 0.15) is 0 Å². The number of H-pyrrole nitrogens is 1. The monoisotopic (exact) mass is 316 g/mol. The number of carbonyl (C=O) groups excluding carboxylic acids is 1. The molecule has 1 saturated heterocycles. The number of aryl methyl sites for hydroxylation is 1. The minimum absolute atomic E-state index is 0.307. The summed E-state index contributed by atoms with van der Waals surface area (Å²) in [7, 11) is 1.38. The first-order valence-electron chi connectivity index (χ1n) is 8.22. The fraction of sp³-hybridized carbons (Fsp3) is 0.500. The maximum Gasteiger partial charge on any atom is 0.312 e. The van der Waals surface area contributed by atoms with Crippen LogP contribution < -0.4 is 0 Å². The van der Waals surface area contributed by atoms with E-state index in [-0.39, 0.29) is 5.97 Å². The quantitative estimate of drug-likeness (QED) is 0.828.